The van der Waals surface area contributed by atoms with Crippen molar-refractivity contribution in [3.8, 4) is 0 Å². The zero-order chi connectivity index (χ0) is 16.2. The van der Waals surface area contributed by atoms with Gasteiger partial charge in [-0.15, -0.1) is 0 Å². The predicted molar refractivity (Wildman–Crippen MR) is 104 cm³/mol. The lowest BCUT2D eigenvalue weighted by Gasteiger charge is -2.17. The maximum Gasteiger partial charge on any atom is -0.0222 e. The first-order valence-electron chi connectivity index (χ1n) is 9.47. The fraction of sp³-hybridized carbons (Fsp3) is 0.478. The van der Waals surface area contributed by atoms with E-state index < -0.39 is 0 Å². The number of allylic oxidation sites excluding steroid dienone is 5. The summed E-state index contributed by atoms with van der Waals surface area (Å²) in [5, 5.41) is 0. The third-order valence-electron chi connectivity index (χ3n) is 4.68. The highest BCUT2D eigenvalue weighted by Gasteiger charge is 2.10. The molecule has 0 aromatic heterocycles. The van der Waals surface area contributed by atoms with E-state index in [1.165, 1.54) is 69.8 Å². The average Bonchev–Trinajstić information content (AvgIpc) is 2.60. The summed E-state index contributed by atoms with van der Waals surface area (Å²) in [6, 6.07) is 6.78. The van der Waals surface area contributed by atoms with Crippen LogP contribution in [0.3, 0.4) is 0 Å². The lowest BCUT2D eigenvalue weighted by Crippen LogP contribution is -2.03. The number of hydrogen-bond acceptors (Lipinski definition) is 0. The van der Waals surface area contributed by atoms with Crippen molar-refractivity contribution in [1.29, 1.82) is 0 Å². The summed E-state index contributed by atoms with van der Waals surface area (Å²) < 4.78 is 0. The van der Waals surface area contributed by atoms with Crippen molar-refractivity contribution in [2.75, 3.05) is 0 Å². The number of fused-ring (bicyclic) bond motifs is 1. The summed E-state index contributed by atoms with van der Waals surface area (Å²) in [6.45, 7) is 2.10. The van der Waals surface area contributed by atoms with Gasteiger partial charge in [-0.1, -0.05) is 67.5 Å². The second-order valence-corrected chi connectivity index (χ2v) is 6.54. The van der Waals surface area contributed by atoms with Crippen molar-refractivity contribution in [1.82, 2.24) is 0 Å². The largest absolute Gasteiger partial charge is 0.0917 e. The van der Waals surface area contributed by atoms with Gasteiger partial charge in [-0.25, -0.2) is 0 Å². The van der Waals surface area contributed by atoms with Gasteiger partial charge in [-0.05, 0) is 75.0 Å². The monoisotopic (exact) mass is 308 g/mol. The molecule has 0 unspecified atom stereocenters. The van der Waals surface area contributed by atoms with Crippen molar-refractivity contribution in [2.45, 2.75) is 71.1 Å². The minimum Gasteiger partial charge on any atom is -0.0917 e. The van der Waals surface area contributed by atoms with Crippen LogP contribution in [-0.4, -0.2) is 0 Å². The molecule has 0 bridgehead atoms. The Morgan fingerprint density at radius 1 is 0.870 bits per heavy atom. The molecule has 1 aliphatic carbocycles. The molecule has 0 heteroatoms. The first kappa shape index (κ1) is 17.8. The molecule has 0 spiro atoms. The van der Waals surface area contributed by atoms with Crippen LogP contribution < -0.4 is 0 Å². The molecular weight excluding hydrogens is 276 g/mol. The van der Waals surface area contributed by atoms with Crippen molar-refractivity contribution < 1.29 is 0 Å². The Morgan fingerprint density at radius 2 is 1.65 bits per heavy atom. The molecule has 0 aliphatic heterocycles. The minimum atomic E-state index is 1.21. The van der Waals surface area contributed by atoms with E-state index in [0.29, 0.717) is 0 Å². The lowest BCUT2D eigenvalue weighted by molar-refractivity contribution is 0.652. The number of hydrogen-bond donors (Lipinski definition) is 0. The van der Waals surface area contributed by atoms with Gasteiger partial charge in [-0.3, -0.25) is 0 Å². The fourth-order valence-electron chi connectivity index (χ4n) is 3.35. The molecule has 0 fully saturated rings. The molecule has 0 atom stereocenters. The van der Waals surface area contributed by atoms with Crippen LogP contribution in [0.5, 0.6) is 0 Å². The Labute approximate surface area is 143 Å². The van der Waals surface area contributed by atoms with E-state index in [1.54, 1.807) is 11.1 Å². The van der Waals surface area contributed by atoms with E-state index in [-0.39, 0.29) is 0 Å². The van der Waals surface area contributed by atoms with E-state index in [9.17, 15) is 0 Å². The smallest absolute Gasteiger partial charge is 0.0222 e. The minimum absolute atomic E-state index is 1.21. The molecule has 0 amide bonds. The first-order chi connectivity index (χ1) is 11.4. The summed E-state index contributed by atoms with van der Waals surface area (Å²) in [4.78, 5) is 0. The molecule has 0 nitrogen and oxygen atoms in total. The number of benzene rings is 1. The lowest BCUT2D eigenvalue weighted by atomic mass is 9.88. The maximum atomic E-state index is 2.32. The van der Waals surface area contributed by atoms with Gasteiger partial charge in [-0.2, -0.15) is 0 Å². The van der Waals surface area contributed by atoms with Gasteiger partial charge in [0.05, 0.1) is 0 Å². The average molecular weight is 309 g/mol. The molecule has 124 valence electrons. The first-order valence-corrected chi connectivity index (χ1v) is 9.47. The van der Waals surface area contributed by atoms with Gasteiger partial charge in [0.1, 0.15) is 0 Å². The van der Waals surface area contributed by atoms with E-state index in [4.69, 9.17) is 0 Å². The van der Waals surface area contributed by atoms with Crippen molar-refractivity contribution in [3.05, 3.63) is 65.3 Å². The molecule has 0 radical (unpaired) electrons. The van der Waals surface area contributed by atoms with Crippen LogP contribution >= 0.6 is 0 Å². The van der Waals surface area contributed by atoms with Gasteiger partial charge in [0.25, 0.3) is 0 Å². The van der Waals surface area contributed by atoms with Gasteiger partial charge in [0.15, 0.2) is 0 Å². The Balaban J connectivity index is 1.66. The molecule has 0 N–H and O–H groups in total. The SMILES string of the molecule is CC=CCCCCCCC=CC=Cc1cccc2c1CCCC2. The molecule has 1 aromatic carbocycles. The highest BCUT2D eigenvalue weighted by molar-refractivity contribution is 5.57. The normalized spacial score (nSPS) is 15.0. The zero-order valence-electron chi connectivity index (χ0n) is 14.8. The second-order valence-electron chi connectivity index (χ2n) is 6.54. The van der Waals surface area contributed by atoms with Gasteiger partial charge in [0.2, 0.25) is 0 Å². The van der Waals surface area contributed by atoms with Gasteiger partial charge in [0, 0.05) is 0 Å². The van der Waals surface area contributed by atoms with E-state index in [1.807, 2.05) is 0 Å². The zero-order valence-corrected chi connectivity index (χ0v) is 14.8. The van der Waals surface area contributed by atoms with E-state index >= 15 is 0 Å². The molecule has 1 aromatic rings. The summed E-state index contributed by atoms with van der Waals surface area (Å²) in [5.74, 6) is 0. The van der Waals surface area contributed by atoms with E-state index in [0.717, 1.165) is 0 Å². The number of unbranched alkanes of at least 4 members (excludes halogenated alkanes) is 5. The van der Waals surface area contributed by atoms with Gasteiger partial charge < -0.3 is 0 Å². The third kappa shape index (κ3) is 6.60. The fourth-order valence-corrected chi connectivity index (χ4v) is 3.35. The van der Waals surface area contributed by atoms with Crippen LogP contribution in [0.4, 0.5) is 0 Å². The quantitative estimate of drug-likeness (QED) is 0.260. The number of rotatable bonds is 9. The van der Waals surface area contributed by atoms with Crippen molar-refractivity contribution in [3.63, 3.8) is 0 Å². The highest BCUT2D eigenvalue weighted by atomic mass is 14.2. The second kappa shape index (κ2) is 11.0. The molecule has 0 heterocycles. The molecule has 2 rings (SSSR count). The van der Waals surface area contributed by atoms with Gasteiger partial charge >= 0.3 is 0 Å². The van der Waals surface area contributed by atoms with Crippen molar-refractivity contribution >= 4 is 6.08 Å². The van der Waals surface area contributed by atoms with Crippen LogP contribution in [0.1, 0.15) is 75.0 Å². The Morgan fingerprint density at radius 3 is 2.48 bits per heavy atom. The molecule has 0 saturated heterocycles. The van der Waals surface area contributed by atoms with E-state index in [2.05, 4.69) is 61.6 Å². The molecule has 23 heavy (non-hydrogen) atoms. The standard InChI is InChI=1S/C23H32/c1-2-3-4-5-6-7-8-9-10-11-12-16-21-18-15-19-22-17-13-14-20-23(21)22/h2-3,10-12,15-16,18-19H,4-9,13-14,17,20H2,1H3. The van der Waals surface area contributed by atoms with Crippen LogP contribution in [0.25, 0.3) is 6.08 Å². The third-order valence-corrected chi connectivity index (χ3v) is 4.68. The molecule has 0 saturated carbocycles. The number of aryl methyl sites for hydroxylation is 1. The van der Waals surface area contributed by atoms with Crippen LogP contribution in [0.15, 0.2) is 48.6 Å². The maximum absolute atomic E-state index is 2.32. The Kier molecular flexibility index (Phi) is 8.55. The topological polar surface area (TPSA) is 0 Å². The molecular formula is C23H32. The van der Waals surface area contributed by atoms with Crippen molar-refractivity contribution in [2.24, 2.45) is 0 Å². The van der Waals surface area contributed by atoms with Crippen LogP contribution in [0, 0.1) is 0 Å². The summed E-state index contributed by atoms with van der Waals surface area (Å²) >= 11 is 0. The summed E-state index contributed by atoms with van der Waals surface area (Å²) in [5.41, 5.74) is 4.58. The Bertz CT molecular complexity index is 531. The van der Waals surface area contributed by atoms with Crippen LogP contribution in [0.2, 0.25) is 0 Å². The molecule has 1 aliphatic rings. The highest BCUT2D eigenvalue weighted by Crippen LogP contribution is 2.25. The van der Waals surface area contributed by atoms with Crippen LogP contribution in [-0.2, 0) is 12.8 Å². The predicted octanol–water partition coefficient (Wildman–Crippen LogP) is 7.05. The summed E-state index contributed by atoms with van der Waals surface area (Å²) in [7, 11) is 0. The Hall–Kier alpha value is -1.56. The summed E-state index contributed by atoms with van der Waals surface area (Å²) in [6.07, 6.45) is 26.5.